The maximum atomic E-state index is 6.87. The summed E-state index contributed by atoms with van der Waals surface area (Å²) in [5.41, 5.74) is 6.87. The van der Waals surface area contributed by atoms with E-state index in [0.29, 0.717) is 6.54 Å². The van der Waals surface area contributed by atoms with Crippen LogP contribution in [0.2, 0.25) is 0 Å². The van der Waals surface area contributed by atoms with Crippen molar-refractivity contribution in [2.45, 2.75) is 38.5 Å². The van der Waals surface area contributed by atoms with Crippen molar-refractivity contribution in [2.75, 3.05) is 6.54 Å². The molecule has 1 nitrogen and oxygen atoms in total. The Balaban J connectivity index is 2.60. The highest BCUT2D eigenvalue weighted by atomic mass is 14.5. The van der Waals surface area contributed by atoms with Crippen LogP contribution in [0, 0.1) is 6.92 Å². The van der Waals surface area contributed by atoms with Crippen LogP contribution in [0.15, 0.2) is 0 Å². The predicted octanol–water partition coefficient (Wildman–Crippen LogP) is 2.44. The van der Waals surface area contributed by atoms with Gasteiger partial charge in [-0.1, -0.05) is 39.0 Å². The van der Waals surface area contributed by atoms with Crippen LogP contribution in [-0.2, 0) is 0 Å². The summed E-state index contributed by atoms with van der Waals surface area (Å²) >= 11 is 0. The summed E-state index contributed by atoms with van der Waals surface area (Å²) < 4.78 is 0. The highest BCUT2D eigenvalue weighted by Crippen LogP contribution is 2.03. The van der Waals surface area contributed by atoms with E-state index < -0.39 is 0 Å². The molecule has 0 saturated heterocycles. The third-order valence-electron chi connectivity index (χ3n) is 1.43. The van der Waals surface area contributed by atoms with Gasteiger partial charge in [0.15, 0.2) is 0 Å². The highest BCUT2D eigenvalue weighted by molar-refractivity contribution is 4.45. The highest BCUT2D eigenvalue weighted by Gasteiger charge is 1.86. The van der Waals surface area contributed by atoms with E-state index in [1.165, 1.54) is 25.7 Å². The molecule has 0 rings (SSSR count). The minimum atomic E-state index is 0.602. The third-order valence-corrected chi connectivity index (χ3v) is 1.43. The second kappa shape index (κ2) is 7.96. The van der Waals surface area contributed by atoms with Gasteiger partial charge < -0.3 is 0 Å². The van der Waals surface area contributed by atoms with Crippen LogP contribution >= 0.6 is 0 Å². The fourth-order valence-electron chi connectivity index (χ4n) is 0.832. The average molecular weight is 127 g/mol. The summed E-state index contributed by atoms with van der Waals surface area (Å²) in [5.74, 6) is 0. The van der Waals surface area contributed by atoms with Crippen molar-refractivity contribution in [2.24, 2.45) is 0 Å². The van der Waals surface area contributed by atoms with E-state index in [2.05, 4.69) is 6.92 Å². The average Bonchev–Trinajstić information content (AvgIpc) is 1.89. The van der Waals surface area contributed by atoms with Gasteiger partial charge in [-0.2, -0.15) is 0 Å². The zero-order valence-corrected chi connectivity index (χ0v) is 6.16. The van der Waals surface area contributed by atoms with Crippen molar-refractivity contribution >= 4 is 0 Å². The van der Waals surface area contributed by atoms with Crippen molar-refractivity contribution in [1.29, 1.82) is 0 Å². The van der Waals surface area contributed by atoms with Crippen LogP contribution in [0.1, 0.15) is 38.5 Å². The number of hydrogen-bond acceptors (Lipinski definition) is 0. The second-order valence-corrected chi connectivity index (χ2v) is 2.37. The second-order valence-electron chi connectivity index (χ2n) is 2.37. The molecule has 0 saturated carbocycles. The molecule has 1 N–H and O–H groups in total. The molecule has 0 amide bonds. The number of rotatable bonds is 6. The maximum Gasteiger partial charge on any atom is 0.00997 e. The molecule has 0 heterocycles. The first-order valence-electron chi connectivity index (χ1n) is 3.85. The fourth-order valence-corrected chi connectivity index (χ4v) is 0.832. The fraction of sp³-hybridized carbons (Fsp3) is 0.875. The first-order valence-corrected chi connectivity index (χ1v) is 3.85. The minimum Gasteiger partial charge on any atom is -0.258 e. The molecule has 0 aliphatic carbocycles. The van der Waals surface area contributed by atoms with Gasteiger partial charge in [-0.25, -0.2) is 0 Å². The quantitative estimate of drug-likeness (QED) is 0.489. The molecule has 0 bridgehead atoms. The number of nitrogens with one attached hydrogen (secondary N) is 1. The topological polar surface area (TPSA) is 23.8 Å². The van der Waals surface area contributed by atoms with Gasteiger partial charge in [0.1, 0.15) is 0 Å². The monoisotopic (exact) mass is 127 g/mol. The van der Waals surface area contributed by atoms with Crippen molar-refractivity contribution in [3.63, 3.8) is 0 Å². The zero-order valence-electron chi connectivity index (χ0n) is 6.16. The summed E-state index contributed by atoms with van der Waals surface area (Å²) in [6.45, 7) is 4.37. The Hall–Kier alpha value is -0.0400. The summed E-state index contributed by atoms with van der Waals surface area (Å²) in [7, 11) is 0. The van der Waals surface area contributed by atoms with Crippen LogP contribution in [0.25, 0.3) is 0 Å². The summed E-state index contributed by atoms with van der Waals surface area (Å²) in [6.07, 6.45) is 7.26. The van der Waals surface area contributed by atoms with Gasteiger partial charge in [0.05, 0.1) is 0 Å². The molecule has 0 aromatic heterocycles. The lowest BCUT2D eigenvalue weighted by atomic mass is 10.1. The Bertz CT molecular complexity index is 37.8. The molecular weight excluding hydrogens is 110 g/mol. The van der Waals surface area contributed by atoms with Crippen LogP contribution in [-0.4, -0.2) is 6.54 Å². The van der Waals surface area contributed by atoms with Crippen molar-refractivity contribution < 1.29 is 0 Å². The van der Waals surface area contributed by atoms with E-state index >= 15 is 0 Å². The Morgan fingerprint density at radius 2 is 1.44 bits per heavy atom. The molecule has 1 heteroatoms. The molecular formula is C8H17N. The van der Waals surface area contributed by atoms with Gasteiger partial charge in [-0.15, -0.1) is 0 Å². The standard InChI is InChI=1S/C8H17N/c1-2-3-4-5-6-7-8-9/h9H,1-8H2. The molecule has 0 unspecified atom stereocenters. The van der Waals surface area contributed by atoms with Crippen molar-refractivity contribution in [3.05, 3.63) is 6.92 Å². The Kier molecular flexibility index (Phi) is 7.92. The normalized spacial score (nSPS) is 10.0. The molecule has 0 aromatic rings. The minimum absolute atomic E-state index is 0.602. The summed E-state index contributed by atoms with van der Waals surface area (Å²) in [6, 6.07) is 0. The first kappa shape index (κ1) is 8.96. The SMILES string of the molecule is [CH2]CCCCCCC[NH]. The lowest BCUT2D eigenvalue weighted by Crippen LogP contribution is -1.84. The molecule has 0 aliphatic heterocycles. The van der Waals surface area contributed by atoms with E-state index in [0.717, 1.165) is 12.8 Å². The maximum absolute atomic E-state index is 6.87. The van der Waals surface area contributed by atoms with E-state index in [9.17, 15) is 0 Å². The van der Waals surface area contributed by atoms with E-state index in [-0.39, 0.29) is 0 Å². The molecule has 0 fully saturated rings. The number of hydrogen-bond donors (Lipinski definition) is 0. The Morgan fingerprint density at radius 3 is 2.00 bits per heavy atom. The van der Waals surface area contributed by atoms with Crippen LogP contribution < -0.4 is 5.73 Å². The van der Waals surface area contributed by atoms with Crippen molar-refractivity contribution in [1.82, 2.24) is 5.73 Å². The van der Waals surface area contributed by atoms with Gasteiger partial charge in [-0.05, 0) is 6.42 Å². The zero-order chi connectivity index (χ0) is 6.95. The van der Waals surface area contributed by atoms with E-state index in [1.54, 1.807) is 0 Å². The third kappa shape index (κ3) is 7.96. The predicted molar refractivity (Wildman–Crippen MR) is 41.0 cm³/mol. The van der Waals surface area contributed by atoms with Gasteiger partial charge in [0, 0.05) is 6.54 Å². The molecule has 0 atom stereocenters. The van der Waals surface area contributed by atoms with Crippen molar-refractivity contribution in [3.8, 4) is 0 Å². The smallest absolute Gasteiger partial charge is 0.00997 e. The van der Waals surface area contributed by atoms with Gasteiger partial charge in [0.25, 0.3) is 0 Å². The molecule has 2 radical (unpaired) electrons. The Morgan fingerprint density at radius 1 is 0.889 bits per heavy atom. The largest absolute Gasteiger partial charge is 0.258 e. The van der Waals surface area contributed by atoms with Gasteiger partial charge in [0.2, 0.25) is 0 Å². The molecule has 54 valence electrons. The first-order chi connectivity index (χ1) is 4.41. The summed E-state index contributed by atoms with van der Waals surface area (Å²) in [4.78, 5) is 0. The van der Waals surface area contributed by atoms with E-state index in [1.807, 2.05) is 0 Å². The van der Waals surface area contributed by atoms with Crippen LogP contribution in [0.4, 0.5) is 0 Å². The Labute approximate surface area is 58.6 Å². The van der Waals surface area contributed by atoms with Gasteiger partial charge in [-0.3, -0.25) is 5.73 Å². The van der Waals surface area contributed by atoms with Crippen LogP contribution in [0.5, 0.6) is 0 Å². The van der Waals surface area contributed by atoms with Crippen LogP contribution in [0.3, 0.4) is 0 Å². The molecule has 0 aromatic carbocycles. The lowest BCUT2D eigenvalue weighted by Gasteiger charge is -1.95. The number of unbranched alkanes of at least 4 members (excludes halogenated alkanes) is 5. The molecule has 0 spiro atoms. The lowest BCUT2D eigenvalue weighted by molar-refractivity contribution is 0.619. The van der Waals surface area contributed by atoms with E-state index in [4.69, 9.17) is 5.73 Å². The van der Waals surface area contributed by atoms with Gasteiger partial charge >= 0.3 is 0 Å². The molecule has 0 aliphatic rings. The molecule has 9 heavy (non-hydrogen) atoms. The summed E-state index contributed by atoms with van der Waals surface area (Å²) in [5, 5.41) is 0.